The van der Waals surface area contributed by atoms with Crippen molar-refractivity contribution in [3.63, 3.8) is 0 Å². The van der Waals surface area contributed by atoms with E-state index in [-0.39, 0.29) is 17.6 Å². The maximum absolute atomic E-state index is 13.2. The number of nitrogens with one attached hydrogen (secondary N) is 1. The Labute approximate surface area is 115 Å². The number of hydrogen-bond acceptors (Lipinski definition) is 2. The lowest BCUT2D eigenvalue weighted by Crippen LogP contribution is -2.40. The van der Waals surface area contributed by atoms with Crippen molar-refractivity contribution in [3.8, 4) is 0 Å². The SMILES string of the molecule is O=CC1CCCN(C(=O)c2cc3cc(F)ccc3[nH]2)C1. The fraction of sp³-hybridized carbons (Fsp3) is 0.333. The lowest BCUT2D eigenvalue weighted by molar-refractivity contribution is -0.112. The van der Waals surface area contributed by atoms with Crippen molar-refractivity contribution in [3.05, 3.63) is 35.8 Å². The minimum atomic E-state index is -0.325. The lowest BCUT2D eigenvalue weighted by atomic mass is 9.99. The number of amides is 1. The number of likely N-dealkylation sites (tertiary alicyclic amines) is 1. The van der Waals surface area contributed by atoms with E-state index in [2.05, 4.69) is 4.98 Å². The Hall–Kier alpha value is -2.17. The first-order valence-electron chi connectivity index (χ1n) is 6.70. The van der Waals surface area contributed by atoms with Gasteiger partial charge in [-0.3, -0.25) is 4.79 Å². The first-order chi connectivity index (χ1) is 9.67. The van der Waals surface area contributed by atoms with E-state index in [1.54, 1.807) is 17.0 Å². The van der Waals surface area contributed by atoms with Crippen molar-refractivity contribution in [1.82, 2.24) is 9.88 Å². The summed E-state index contributed by atoms with van der Waals surface area (Å²) < 4.78 is 13.2. The number of H-pyrrole nitrogens is 1. The average molecular weight is 274 g/mol. The molecule has 5 heteroatoms. The number of aromatic amines is 1. The van der Waals surface area contributed by atoms with Crippen molar-refractivity contribution >= 4 is 23.1 Å². The van der Waals surface area contributed by atoms with E-state index in [1.807, 2.05) is 0 Å². The van der Waals surface area contributed by atoms with Crippen molar-refractivity contribution in [1.29, 1.82) is 0 Å². The number of benzene rings is 1. The van der Waals surface area contributed by atoms with Gasteiger partial charge in [0.1, 0.15) is 17.8 Å². The number of fused-ring (bicyclic) bond motifs is 1. The lowest BCUT2D eigenvalue weighted by Gasteiger charge is -2.29. The third kappa shape index (κ3) is 2.31. The third-order valence-electron chi connectivity index (χ3n) is 3.75. The molecule has 4 nitrogen and oxygen atoms in total. The highest BCUT2D eigenvalue weighted by Crippen LogP contribution is 2.20. The number of hydrogen-bond donors (Lipinski definition) is 1. The first-order valence-corrected chi connectivity index (χ1v) is 6.70. The predicted octanol–water partition coefficient (Wildman–Crippen LogP) is 2.36. The summed E-state index contributed by atoms with van der Waals surface area (Å²) in [5.41, 5.74) is 1.18. The van der Waals surface area contributed by atoms with Crippen LogP contribution in [0.4, 0.5) is 4.39 Å². The molecule has 0 saturated carbocycles. The summed E-state index contributed by atoms with van der Waals surface area (Å²) in [7, 11) is 0. The van der Waals surface area contributed by atoms with Crippen LogP contribution in [0.2, 0.25) is 0 Å². The van der Waals surface area contributed by atoms with Gasteiger partial charge in [-0.15, -0.1) is 0 Å². The molecule has 2 heterocycles. The number of aldehydes is 1. The molecule has 2 aromatic rings. The summed E-state index contributed by atoms with van der Waals surface area (Å²) >= 11 is 0. The van der Waals surface area contributed by atoms with Gasteiger partial charge in [-0.25, -0.2) is 4.39 Å². The minimum absolute atomic E-state index is 0.0745. The van der Waals surface area contributed by atoms with Gasteiger partial charge in [0.2, 0.25) is 0 Å². The van der Waals surface area contributed by atoms with Crippen molar-refractivity contribution < 1.29 is 14.0 Å². The number of nitrogens with zero attached hydrogens (tertiary/aromatic N) is 1. The zero-order valence-corrected chi connectivity index (χ0v) is 10.9. The van der Waals surface area contributed by atoms with Gasteiger partial charge >= 0.3 is 0 Å². The molecule has 20 heavy (non-hydrogen) atoms. The normalized spacial score (nSPS) is 19.2. The van der Waals surface area contributed by atoms with Gasteiger partial charge in [0.15, 0.2) is 0 Å². The summed E-state index contributed by atoms with van der Waals surface area (Å²) in [5, 5.41) is 0.678. The van der Waals surface area contributed by atoms with Crippen LogP contribution in [0.3, 0.4) is 0 Å². The summed E-state index contributed by atoms with van der Waals surface area (Å²) in [6.07, 6.45) is 2.59. The van der Waals surface area contributed by atoms with Gasteiger partial charge in [-0.2, -0.15) is 0 Å². The highest BCUT2D eigenvalue weighted by atomic mass is 19.1. The molecular weight excluding hydrogens is 259 g/mol. The van der Waals surface area contributed by atoms with Gasteiger partial charge in [-0.05, 0) is 37.1 Å². The molecule has 0 bridgehead atoms. The molecule has 1 N–H and O–H groups in total. The van der Waals surface area contributed by atoms with Gasteiger partial charge in [-0.1, -0.05) is 0 Å². The van der Waals surface area contributed by atoms with E-state index in [4.69, 9.17) is 0 Å². The largest absolute Gasteiger partial charge is 0.351 e. The molecule has 1 saturated heterocycles. The average Bonchev–Trinajstić information content (AvgIpc) is 2.89. The van der Waals surface area contributed by atoms with Crippen molar-refractivity contribution in [2.45, 2.75) is 12.8 Å². The van der Waals surface area contributed by atoms with Crippen LogP contribution >= 0.6 is 0 Å². The number of aromatic nitrogens is 1. The highest BCUT2D eigenvalue weighted by Gasteiger charge is 2.25. The topological polar surface area (TPSA) is 53.2 Å². The van der Waals surface area contributed by atoms with Crippen LogP contribution in [-0.4, -0.2) is 35.2 Å². The molecule has 0 aliphatic carbocycles. The smallest absolute Gasteiger partial charge is 0.270 e. The zero-order chi connectivity index (χ0) is 14.1. The number of piperidine rings is 1. The zero-order valence-electron chi connectivity index (χ0n) is 10.9. The van der Waals surface area contributed by atoms with Crippen LogP contribution in [0.5, 0.6) is 0 Å². The van der Waals surface area contributed by atoms with Gasteiger partial charge in [0.05, 0.1) is 0 Å². The first kappa shape index (κ1) is 12.8. The molecule has 0 radical (unpaired) electrons. The van der Waals surface area contributed by atoms with Crippen molar-refractivity contribution in [2.75, 3.05) is 13.1 Å². The van der Waals surface area contributed by atoms with Crippen LogP contribution in [-0.2, 0) is 4.79 Å². The highest BCUT2D eigenvalue weighted by molar-refractivity contribution is 5.98. The molecule has 1 aromatic heterocycles. The Kier molecular flexibility index (Phi) is 3.26. The molecule has 1 aliphatic rings. The van der Waals surface area contributed by atoms with Crippen molar-refractivity contribution in [2.24, 2.45) is 5.92 Å². The third-order valence-corrected chi connectivity index (χ3v) is 3.75. The van der Waals surface area contributed by atoms with Crippen LogP contribution in [0.1, 0.15) is 23.3 Å². The fourth-order valence-corrected chi connectivity index (χ4v) is 2.69. The maximum atomic E-state index is 13.2. The van der Waals surface area contributed by atoms with Gasteiger partial charge in [0, 0.05) is 29.9 Å². The number of rotatable bonds is 2. The molecule has 1 unspecified atom stereocenters. The minimum Gasteiger partial charge on any atom is -0.351 e. The monoisotopic (exact) mass is 274 g/mol. The fourth-order valence-electron chi connectivity index (χ4n) is 2.69. The second-order valence-corrected chi connectivity index (χ2v) is 5.20. The van der Waals surface area contributed by atoms with Gasteiger partial charge < -0.3 is 14.7 Å². The Morgan fingerprint density at radius 1 is 1.40 bits per heavy atom. The molecule has 104 valence electrons. The van der Waals surface area contributed by atoms with Crippen LogP contribution in [0.25, 0.3) is 10.9 Å². The Morgan fingerprint density at radius 3 is 3.05 bits per heavy atom. The number of carbonyl (C=O) groups is 2. The quantitative estimate of drug-likeness (QED) is 0.855. The molecule has 1 atom stereocenters. The number of halogens is 1. The Bertz CT molecular complexity index is 665. The number of carbonyl (C=O) groups excluding carboxylic acids is 2. The molecule has 1 aromatic carbocycles. The van der Waals surface area contributed by atoms with E-state index in [1.165, 1.54) is 12.1 Å². The molecule has 1 fully saturated rings. The van der Waals surface area contributed by atoms with Crippen LogP contribution in [0.15, 0.2) is 24.3 Å². The standard InChI is InChI=1S/C15H15FN2O2/c16-12-3-4-13-11(6-12)7-14(17-13)15(20)18-5-1-2-10(8-18)9-19/h3-4,6-7,9-10,17H,1-2,5,8H2. The summed E-state index contributed by atoms with van der Waals surface area (Å²) in [6, 6.07) is 6.03. The summed E-state index contributed by atoms with van der Waals surface area (Å²) in [5.74, 6) is -0.530. The van der Waals surface area contributed by atoms with E-state index >= 15 is 0 Å². The van der Waals surface area contributed by atoms with E-state index < -0.39 is 0 Å². The van der Waals surface area contributed by atoms with Crippen LogP contribution < -0.4 is 0 Å². The molecule has 3 rings (SSSR count). The van der Waals surface area contributed by atoms with Crippen LogP contribution in [0, 0.1) is 11.7 Å². The van der Waals surface area contributed by atoms with Gasteiger partial charge in [0.25, 0.3) is 5.91 Å². The summed E-state index contributed by atoms with van der Waals surface area (Å²) in [6.45, 7) is 1.12. The molecule has 1 amide bonds. The maximum Gasteiger partial charge on any atom is 0.270 e. The summed E-state index contributed by atoms with van der Waals surface area (Å²) in [4.78, 5) is 27.9. The van der Waals surface area contributed by atoms with E-state index in [9.17, 15) is 14.0 Å². The Balaban J connectivity index is 1.86. The second kappa shape index (κ2) is 5.07. The van der Waals surface area contributed by atoms with E-state index in [0.29, 0.717) is 24.2 Å². The molecule has 0 spiro atoms. The second-order valence-electron chi connectivity index (χ2n) is 5.20. The van der Waals surface area contributed by atoms with E-state index in [0.717, 1.165) is 24.6 Å². The Morgan fingerprint density at radius 2 is 2.25 bits per heavy atom. The predicted molar refractivity (Wildman–Crippen MR) is 72.9 cm³/mol. The molecular formula is C15H15FN2O2. The molecule has 1 aliphatic heterocycles.